The number of rotatable bonds is 4. The molecule has 0 bridgehead atoms. The summed E-state index contributed by atoms with van der Waals surface area (Å²) < 4.78 is 0. The summed E-state index contributed by atoms with van der Waals surface area (Å²) >= 11 is 0. The molecule has 2 heterocycles. The second kappa shape index (κ2) is 5.87. The summed E-state index contributed by atoms with van der Waals surface area (Å²) in [6, 6.07) is 3.60. The summed E-state index contributed by atoms with van der Waals surface area (Å²) in [5.74, 6) is 4.91. The number of amides is 2. The van der Waals surface area contributed by atoms with Gasteiger partial charge in [-0.05, 0) is 25.5 Å². The normalized spacial score (nSPS) is 16.0. The minimum Gasteiger partial charge on any atom is -0.330 e. The molecular formula is C13H19N5O2. The monoisotopic (exact) mass is 277 g/mol. The van der Waals surface area contributed by atoms with Gasteiger partial charge in [-0.2, -0.15) is 0 Å². The highest BCUT2D eigenvalue weighted by atomic mass is 16.2. The Balaban J connectivity index is 2.03. The number of nitrogens with two attached hydrogens (primary N) is 1. The van der Waals surface area contributed by atoms with Gasteiger partial charge in [-0.25, -0.2) is 10.8 Å². The number of nitrogens with zero attached hydrogens (tertiary/aromatic N) is 3. The van der Waals surface area contributed by atoms with E-state index in [-0.39, 0.29) is 6.04 Å². The van der Waals surface area contributed by atoms with E-state index in [1.807, 2.05) is 19.9 Å². The molecule has 1 aliphatic heterocycles. The number of pyridine rings is 1. The number of hydrazine groups is 1. The number of anilines is 1. The molecule has 0 unspecified atom stereocenters. The van der Waals surface area contributed by atoms with Gasteiger partial charge < -0.3 is 15.2 Å². The highest BCUT2D eigenvalue weighted by molar-refractivity contribution is 6.35. The molecule has 7 nitrogen and oxygen atoms in total. The lowest BCUT2D eigenvalue weighted by molar-refractivity contribution is -0.157. The summed E-state index contributed by atoms with van der Waals surface area (Å²) in [6.07, 6.45) is 1.64. The number of hydrogen-bond donors (Lipinski definition) is 2. The molecular weight excluding hydrogens is 258 g/mol. The van der Waals surface area contributed by atoms with E-state index in [4.69, 9.17) is 5.84 Å². The zero-order valence-corrected chi connectivity index (χ0v) is 11.7. The molecule has 0 atom stereocenters. The van der Waals surface area contributed by atoms with Crippen LogP contribution in [-0.4, -0.2) is 45.7 Å². The van der Waals surface area contributed by atoms with E-state index >= 15 is 0 Å². The summed E-state index contributed by atoms with van der Waals surface area (Å²) in [7, 11) is 0. The predicted octanol–water partition coefficient (Wildman–Crippen LogP) is -0.0536. The van der Waals surface area contributed by atoms with Crippen molar-refractivity contribution in [3.05, 3.63) is 23.9 Å². The van der Waals surface area contributed by atoms with Gasteiger partial charge in [0, 0.05) is 31.9 Å². The minimum absolute atomic E-state index is 0.0465. The first-order valence-electron chi connectivity index (χ1n) is 6.54. The molecule has 2 amide bonds. The molecule has 1 saturated heterocycles. The summed E-state index contributed by atoms with van der Waals surface area (Å²) in [4.78, 5) is 31.2. The summed E-state index contributed by atoms with van der Waals surface area (Å²) in [5.41, 5.74) is 3.30. The Kier molecular flexibility index (Phi) is 4.19. The molecule has 1 aliphatic rings. The zero-order chi connectivity index (χ0) is 14.7. The SMILES string of the molecule is CC(C)N1CCN(Cc2ccc(NN)nc2)C(=O)C1=O. The molecule has 3 N–H and O–H groups in total. The topological polar surface area (TPSA) is 91.6 Å². The predicted molar refractivity (Wildman–Crippen MR) is 74.3 cm³/mol. The first-order valence-corrected chi connectivity index (χ1v) is 6.54. The molecule has 0 radical (unpaired) electrons. The molecule has 0 aromatic carbocycles. The van der Waals surface area contributed by atoms with E-state index in [9.17, 15) is 9.59 Å². The lowest BCUT2D eigenvalue weighted by Crippen LogP contribution is -2.55. The van der Waals surface area contributed by atoms with Crippen LogP contribution in [0.2, 0.25) is 0 Å². The van der Waals surface area contributed by atoms with Crippen LogP contribution >= 0.6 is 0 Å². The van der Waals surface area contributed by atoms with Crippen molar-refractivity contribution in [1.82, 2.24) is 14.8 Å². The fourth-order valence-electron chi connectivity index (χ4n) is 2.16. The molecule has 1 aromatic heterocycles. The Labute approximate surface area is 117 Å². The zero-order valence-electron chi connectivity index (χ0n) is 11.7. The standard InChI is InChI=1S/C13H19N5O2/c1-9(2)18-6-5-17(12(19)13(18)20)8-10-3-4-11(16-14)15-7-10/h3-4,7,9H,5-6,8,14H2,1-2H3,(H,15,16). The van der Waals surface area contributed by atoms with Gasteiger partial charge in [0.2, 0.25) is 0 Å². The number of nitrogens with one attached hydrogen (secondary N) is 1. The van der Waals surface area contributed by atoms with Crippen LogP contribution in [0.1, 0.15) is 19.4 Å². The molecule has 0 spiro atoms. The first-order chi connectivity index (χ1) is 9.52. The van der Waals surface area contributed by atoms with Crippen LogP contribution in [-0.2, 0) is 16.1 Å². The van der Waals surface area contributed by atoms with E-state index in [0.29, 0.717) is 25.5 Å². The smallest absolute Gasteiger partial charge is 0.312 e. The van der Waals surface area contributed by atoms with Gasteiger partial charge >= 0.3 is 11.8 Å². The maximum absolute atomic E-state index is 12.0. The molecule has 7 heteroatoms. The van der Waals surface area contributed by atoms with Crippen molar-refractivity contribution in [2.75, 3.05) is 18.5 Å². The van der Waals surface area contributed by atoms with Crippen LogP contribution in [0.15, 0.2) is 18.3 Å². The van der Waals surface area contributed by atoms with Gasteiger partial charge in [-0.15, -0.1) is 0 Å². The molecule has 2 rings (SSSR count). The van der Waals surface area contributed by atoms with Crippen LogP contribution in [0.4, 0.5) is 5.82 Å². The third-order valence-electron chi connectivity index (χ3n) is 3.31. The van der Waals surface area contributed by atoms with Crippen molar-refractivity contribution in [2.45, 2.75) is 26.4 Å². The average molecular weight is 277 g/mol. The highest BCUT2D eigenvalue weighted by Gasteiger charge is 2.33. The van der Waals surface area contributed by atoms with E-state index in [0.717, 1.165) is 5.56 Å². The Morgan fingerprint density at radius 2 is 2.05 bits per heavy atom. The number of aromatic nitrogens is 1. The second-order valence-corrected chi connectivity index (χ2v) is 5.02. The van der Waals surface area contributed by atoms with Gasteiger partial charge in [-0.1, -0.05) is 6.07 Å². The summed E-state index contributed by atoms with van der Waals surface area (Å²) in [5, 5.41) is 0. The van der Waals surface area contributed by atoms with Gasteiger partial charge in [0.15, 0.2) is 0 Å². The van der Waals surface area contributed by atoms with Crippen molar-refractivity contribution in [1.29, 1.82) is 0 Å². The Bertz CT molecular complexity index is 500. The van der Waals surface area contributed by atoms with Crippen molar-refractivity contribution >= 4 is 17.6 Å². The van der Waals surface area contributed by atoms with E-state index in [1.165, 1.54) is 0 Å². The maximum Gasteiger partial charge on any atom is 0.312 e. The quantitative estimate of drug-likeness (QED) is 0.457. The van der Waals surface area contributed by atoms with Crippen LogP contribution in [0.5, 0.6) is 0 Å². The highest BCUT2D eigenvalue weighted by Crippen LogP contribution is 2.13. The van der Waals surface area contributed by atoms with Gasteiger partial charge in [0.05, 0.1) is 0 Å². The van der Waals surface area contributed by atoms with Crippen LogP contribution in [0.3, 0.4) is 0 Å². The largest absolute Gasteiger partial charge is 0.330 e. The molecule has 1 fully saturated rings. The van der Waals surface area contributed by atoms with Gasteiger partial charge in [0.25, 0.3) is 0 Å². The lowest BCUT2D eigenvalue weighted by atomic mass is 10.2. The number of hydrogen-bond acceptors (Lipinski definition) is 5. The van der Waals surface area contributed by atoms with Crippen molar-refractivity contribution in [2.24, 2.45) is 5.84 Å². The molecule has 0 saturated carbocycles. The molecule has 1 aromatic rings. The number of piperazine rings is 1. The number of carbonyl (C=O) groups excluding carboxylic acids is 2. The third-order valence-corrected chi connectivity index (χ3v) is 3.31. The van der Waals surface area contributed by atoms with Gasteiger partial charge in [-0.3, -0.25) is 9.59 Å². The first kappa shape index (κ1) is 14.3. The average Bonchev–Trinajstić information content (AvgIpc) is 2.44. The molecule has 0 aliphatic carbocycles. The van der Waals surface area contributed by atoms with E-state index in [2.05, 4.69) is 10.4 Å². The van der Waals surface area contributed by atoms with E-state index in [1.54, 1.807) is 22.1 Å². The van der Waals surface area contributed by atoms with Crippen LogP contribution in [0, 0.1) is 0 Å². The van der Waals surface area contributed by atoms with Crippen molar-refractivity contribution < 1.29 is 9.59 Å². The van der Waals surface area contributed by atoms with Gasteiger partial charge in [0.1, 0.15) is 5.82 Å². The Morgan fingerprint density at radius 1 is 1.30 bits per heavy atom. The molecule has 20 heavy (non-hydrogen) atoms. The Hall–Kier alpha value is -2.15. The number of carbonyl (C=O) groups is 2. The fourth-order valence-corrected chi connectivity index (χ4v) is 2.16. The molecule has 108 valence electrons. The van der Waals surface area contributed by atoms with Crippen LogP contribution in [0.25, 0.3) is 0 Å². The van der Waals surface area contributed by atoms with Crippen molar-refractivity contribution in [3.8, 4) is 0 Å². The van der Waals surface area contributed by atoms with E-state index < -0.39 is 11.8 Å². The maximum atomic E-state index is 12.0. The lowest BCUT2D eigenvalue weighted by Gasteiger charge is -2.36. The third kappa shape index (κ3) is 2.88. The number of nitrogen functional groups attached to an aromatic ring is 1. The van der Waals surface area contributed by atoms with Crippen molar-refractivity contribution in [3.63, 3.8) is 0 Å². The second-order valence-electron chi connectivity index (χ2n) is 5.02. The fraction of sp³-hybridized carbons (Fsp3) is 0.462. The summed E-state index contributed by atoms with van der Waals surface area (Å²) in [6.45, 7) is 5.30. The minimum atomic E-state index is -0.453. The Morgan fingerprint density at radius 3 is 2.60 bits per heavy atom. The van der Waals surface area contributed by atoms with Crippen LogP contribution < -0.4 is 11.3 Å².